The van der Waals surface area contributed by atoms with Crippen LogP contribution < -0.4 is 10.1 Å². The van der Waals surface area contributed by atoms with E-state index < -0.39 is 15.5 Å². The molecule has 24 heavy (non-hydrogen) atoms. The van der Waals surface area contributed by atoms with Crippen molar-refractivity contribution in [3.8, 4) is 0 Å². The summed E-state index contributed by atoms with van der Waals surface area (Å²) in [6.07, 6.45) is 1.46. The van der Waals surface area contributed by atoms with E-state index in [9.17, 15) is 9.18 Å². The second-order valence-corrected chi connectivity index (χ2v) is 19.6. The van der Waals surface area contributed by atoms with E-state index in [1.54, 1.807) is 11.9 Å². The van der Waals surface area contributed by atoms with E-state index >= 15 is 0 Å². The van der Waals surface area contributed by atoms with Crippen LogP contribution in [0.5, 0.6) is 0 Å². The van der Waals surface area contributed by atoms with Gasteiger partial charge in [-0.3, -0.25) is 9.18 Å². The molecule has 1 aromatic carbocycles. The van der Waals surface area contributed by atoms with E-state index in [1.807, 2.05) is 12.1 Å². The Hall–Kier alpha value is -0.656. The number of alkyl halides is 1. The molecule has 0 fully saturated rings. The number of carbonyl (C=O) groups excluding carboxylic acids is 1. The van der Waals surface area contributed by atoms with Crippen LogP contribution in [0.15, 0.2) is 24.3 Å². The number of rotatable bonds is 9. The standard InChI is InChI=1S/C18H31ClFNOSi2/c1-21(18(22)11-6-7-12-20)16-9-8-10-17(15-16)23(2,3)13-14-24(4,5)19/h8-10,15H,6-7,11-14H2,1-5H3. The normalized spacial score (nSPS) is 12.3. The van der Waals surface area contributed by atoms with Gasteiger partial charge in [0, 0.05) is 19.2 Å². The first kappa shape index (κ1) is 21.4. The topological polar surface area (TPSA) is 20.3 Å². The Morgan fingerprint density at radius 1 is 1.17 bits per heavy atom. The van der Waals surface area contributed by atoms with E-state index in [-0.39, 0.29) is 12.6 Å². The maximum Gasteiger partial charge on any atom is 0.226 e. The Balaban J connectivity index is 2.83. The molecule has 2 nitrogen and oxygen atoms in total. The fourth-order valence-corrected chi connectivity index (χ4v) is 9.68. The minimum atomic E-state index is -1.57. The zero-order chi connectivity index (χ0) is 18.4. The Kier molecular flexibility index (Phi) is 8.16. The first-order chi connectivity index (χ1) is 11.1. The number of hydrogen-bond acceptors (Lipinski definition) is 1. The molecule has 0 aliphatic rings. The number of anilines is 1. The molecule has 1 amide bonds. The average Bonchev–Trinajstić information content (AvgIpc) is 2.52. The molecule has 0 aliphatic carbocycles. The number of nitrogens with zero attached hydrogens (tertiary/aromatic N) is 1. The molecule has 1 aromatic rings. The molecular formula is C18H31ClFNOSi2. The van der Waals surface area contributed by atoms with Gasteiger partial charge in [-0.2, -0.15) is 11.1 Å². The van der Waals surface area contributed by atoms with Gasteiger partial charge in [0.2, 0.25) is 5.91 Å². The maximum atomic E-state index is 12.2. The summed E-state index contributed by atoms with van der Waals surface area (Å²) in [7, 11) is -1.32. The second-order valence-electron chi connectivity index (χ2n) is 7.75. The molecule has 0 bridgehead atoms. The van der Waals surface area contributed by atoms with Crippen molar-refractivity contribution in [2.45, 2.75) is 57.5 Å². The molecule has 1 rings (SSSR count). The fourth-order valence-electron chi connectivity index (χ4n) is 2.57. The summed E-state index contributed by atoms with van der Waals surface area (Å²) in [5, 5.41) is 1.36. The molecule has 0 aliphatic heterocycles. The van der Waals surface area contributed by atoms with Crippen molar-refractivity contribution < 1.29 is 9.18 Å². The molecule has 0 heterocycles. The fraction of sp³-hybridized carbons (Fsp3) is 0.611. The highest BCUT2D eigenvalue weighted by Crippen LogP contribution is 2.24. The van der Waals surface area contributed by atoms with Crippen molar-refractivity contribution in [3.05, 3.63) is 24.3 Å². The van der Waals surface area contributed by atoms with E-state index in [1.165, 1.54) is 11.2 Å². The lowest BCUT2D eigenvalue weighted by molar-refractivity contribution is -0.118. The molecule has 0 spiro atoms. The van der Waals surface area contributed by atoms with Crippen LogP contribution >= 0.6 is 11.1 Å². The summed E-state index contributed by atoms with van der Waals surface area (Å²) >= 11 is 6.49. The van der Waals surface area contributed by atoms with Crippen molar-refractivity contribution >= 4 is 43.3 Å². The molecule has 0 atom stereocenters. The number of halogens is 2. The van der Waals surface area contributed by atoms with Crippen LogP contribution in [0.4, 0.5) is 10.1 Å². The minimum Gasteiger partial charge on any atom is -0.316 e. The van der Waals surface area contributed by atoms with Crippen LogP contribution in [0.2, 0.25) is 38.3 Å². The first-order valence-electron chi connectivity index (χ1n) is 8.69. The molecular weight excluding hydrogens is 357 g/mol. The summed E-state index contributed by atoms with van der Waals surface area (Å²) in [6.45, 7) is 8.77. The lowest BCUT2D eigenvalue weighted by atomic mass is 10.2. The number of hydrogen-bond donors (Lipinski definition) is 0. The van der Waals surface area contributed by atoms with Gasteiger partial charge in [0.15, 0.2) is 0 Å². The Morgan fingerprint density at radius 2 is 1.83 bits per heavy atom. The van der Waals surface area contributed by atoms with Crippen LogP contribution in [0.1, 0.15) is 19.3 Å². The number of unbranched alkanes of at least 4 members (excludes halogenated alkanes) is 1. The Bertz CT molecular complexity index is 546. The van der Waals surface area contributed by atoms with Gasteiger partial charge < -0.3 is 4.90 Å². The number of carbonyl (C=O) groups is 1. The van der Waals surface area contributed by atoms with Crippen molar-refractivity contribution in [2.75, 3.05) is 18.6 Å². The van der Waals surface area contributed by atoms with Gasteiger partial charge in [0.1, 0.15) is 7.38 Å². The summed E-state index contributed by atoms with van der Waals surface area (Å²) in [5.74, 6) is 0.0503. The first-order valence-corrected chi connectivity index (χ1v) is 16.1. The highest BCUT2D eigenvalue weighted by atomic mass is 35.6. The van der Waals surface area contributed by atoms with E-state index in [2.05, 4.69) is 38.3 Å². The van der Waals surface area contributed by atoms with Crippen LogP contribution in [0.25, 0.3) is 0 Å². The molecule has 136 valence electrons. The van der Waals surface area contributed by atoms with Gasteiger partial charge in [0.05, 0.1) is 14.7 Å². The summed E-state index contributed by atoms with van der Waals surface area (Å²) < 4.78 is 12.2. The van der Waals surface area contributed by atoms with Crippen molar-refractivity contribution in [1.29, 1.82) is 0 Å². The van der Waals surface area contributed by atoms with E-state index in [0.717, 1.165) is 11.7 Å². The summed E-state index contributed by atoms with van der Waals surface area (Å²) in [5.41, 5.74) is 0.931. The molecule has 0 unspecified atom stereocenters. The van der Waals surface area contributed by atoms with Crippen molar-refractivity contribution in [3.63, 3.8) is 0 Å². The maximum absolute atomic E-state index is 12.2. The predicted molar refractivity (Wildman–Crippen MR) is 110 cm³/mol. The van der Waals surface area contributed by atoms with Crippen molar-refractivity contribution in [1.82, 2.24) is 0 Å². The largest absolute Gasteiger partial charge is 0.316 e. The second kappa shape index (κ2) is 9.16. The monoisotopic (exact) mass is 387 g/mol. The molecule has 0 saturated carbocycles. The third kappa shape index (κ3) is 7.07. The van der Waals surface area contributed by atoms with E-state index in [4.69, 9.17) is 11.1 Å². The molecule has 0 N–H and O–H groups in total. The molecule has 0 radical (unpaired) electrons. The van der Waals surface area contributed by atoms with Gasteiger partial charge in [-0.05, 0) is 31.0 Å². The highest BCUT2D eigenvalue weighted by Gasteiger charge is 2.28. The van der Waals surface area contributed by atoms with Gasteiger partial charge in [-0.15, -0.1) is 0 Å². The zero-order valence-electron chi connectivity index (χ0n) is 15.7. The molecule has 0 saturated heterocycles. The third-order valence-electron chi connectivity index (χ3n) is 4.51. The van der Waals surface area contributed by atoms with Crippen LogP contribution in [-0.2, 0) is 4.79 Å². The molecule has 6 heteroatoms. The average molecular weight is 388 g/mol. The summed E-state index contributed by atoms with van der Waals surface area (Å²) in [4.78, 5) is 13.9. The van der Waals surface area contributed by atoms with Gasteiger partial charge in [-0.1, -0.05) is 49.6 Å². The van der Waals surface area contributed by atoms with E-state index in [0.29, 0.717) is 19.3 Å². The zero-order valence-corrected chi connectivity index (χ0v) is 18.4. The van der Waals surface area contributed by atoms with Crippen LogP contribution in [-0.4, -0.2) is 35.1 Å². The van der Waals surface area contributed by atoms with Gasteiger partial charge in [0.25, 0.3) is 0 Å². The molecule has 0 aromatic heterocycles. The van der Waals surface area contributed by atoms with Crippen LogP contribution in [0, 0.1) is 0 Å². The summed E-state index contributed by atoms with van der Waals surface area (Å²) in [6, 6.07) is 10.6. The number of benzene rings is 1. The van der Waals surface area contributed by atoms with Gasteiger partial charge >= 0.3 is 0 Å². The SMILES string of the molecule is CN(C(=O)CCCCF)c1cccc([Si](C)(C)CC[Si](C)(C)Cl)c1. The van der Waals surface area contributed by atoms with Crippen molar-refractivity contribution in [2.24, 2.45) is 0 Å². The third-order valence-corrected chi connectivity index (χ3v) is 10.4. The smallest absolute Gasteiger partial charge is 0.226 e. The predicted octanol–water partition coefficient (Wildman–Crippen LogP) is 5.15. The Labute approximate surface area is 153 Å². The van der Waals surface area contributed by atoms with Gasteiger partial charge in [-0.25, -0.2) is 0 Å². The lowest BCUT2D eigenvalue weighted by Crippen LogP contribution is -2.43. The quantitative estimate of drug-likeness (QED) is 0.326. The number of amides is 1. The Morgan fingerprint density at radius 3 is 2.42 bits per heavy atom. The lowest BCUT2D eigenvalue weighted by Gasteiger charge is -2.27. The minimum absolute atomic E-state index is 0.0503. The van der Waals surface area contributed by atoms with Crippen LogP contribution in [0.3, 0.4) is 0 Å². The highest BCUT2D eigenvalue weighted by molar-refractivity contribution is 7.19.